The number of hydrogen-bond donors (Lipinski definition) is 1. The summed E-state index contributed by atoms with van der Waals surface area (Å²) in [5, 5.41) is 3.16. The third-order valence-electron chi connectivity index (χ3n) is 1.89. The van der Waals surface area contributed by atoms with E-state index in [1.807, 2.05) is 6.07 Å². The lowest BCUT2D eigenvalue weighted by Crippen LogP contribution is -2.09. The van der Waals surface area contributed by atoms with Crippen molar-refractivity contribution >= 4 is 5.82 Å². The molecule has 14 heavy (non-hydrogen) atoms. The van der Waals surface area contributed by atoms with Crippen LogP contribution in [0.5, 0.6) is 0 Å². The highest BCUT2D eigenvalue weighted by atomic mass is 16.5. The average molecular weight is 195 g/mol. The summed E-state index contributed by atoms with van der Waals surface area (Å²) in [6.45, 7) is 5.68. The fraction of sp³-hybridized carbons (Fsp3) is 0.600. The van der Waals surface area contributed by atoms with Gasteiger partial charge in [-0.3, -0.25) is 0 Å². The molecule has 0 amide bonds. The molecule has 1 heterocycles. The molecular formula is C10H17N3O. The summed E-state index contributed by atoms with van der Waals surface area (Å²) in [4.78, 5) is 8.30. The van der Waals surface area contributed by atoms with Crippen LogP contribution in [-0.4, -0.2) is 30.2 Å². The van der Waals surface area contributed by atoms with Gasteiger partial charge in [0.2, 0.25) is 0 Å². The minimum atomic E-state index is 0.431. The van der Waals surface area contributed by atoms with E-state index in [4.69, 9.17) is 4.74 Å². The molecule has 0 bridgehead atoms. The zero-order chi connectivity index (χ0) is 10.4. The Balaban J connectivity index is 2.55. The summed E-state index contributed by atoms with van der Waals surface area (Å²) in [5.74, 6) is 1.29. The first-order valence-electron chi connectivity index (χ1n) is 4.78. The number of aromatic nitrogens is 2. The minimum absolute atomic E-state index is 0.431. The van der Waals surface area contributed by atoms with Crippen LogP contribution >= 0.6 is 0 Å². The predicted octanol–water partition coefficient (Wildman–Crippen LogP) is 1.66. The van der Waals surface area contributed by atoms with Gasteiger partial charge in [0.1, 0.15) is 12.1 Å². The Morgan fingerprint density at radius 3 is 2.86 bits per heavy atom. The van der Waals surface area contributed by atoms with Crippen molar-refractivity contribution in [3.05, 3.63) is 18.1 Å². The van der Waals surface area contributed by atoms with Crippen molar-refractivity contribution in [1.82, 2.24) is 9.97 Å². The number of ether oxygens (including phenoxy) is 1. The maximum atomic E-state index is 4.94. The normalized spacial score (nSPS) is 10.6. The van der Waals surface area contributed by atoms with Gasteiger partial charge in [-0.2, -0.15) is 0 Å². The molecule has 1 aromatic rings. The monoisotopic (exact) mass is 195 g/mol. The molecule has 0 spiro atoms. The minimum Gasteiger partial charge on any atom is -0.383 e. The predicted molar refractivity (Wildman–Crippen MR) is 56.5 cm³/mol. The first-order valence-corrected chi connectivity index (χ1v) is 4.78. The molecule has 0 aliphatic rings. The van der Waals surface area contributed by atoms with E-state index < -0.39 is 0 Å². The van der Waals surface area contributed by atoms with E-state index in [1.54, 1.807) is 13.4 Å². The van der Waals surface area contributed by atoms with Gasteiger partial charge in [0.25, 0.3) is 0 Å². The highest BCUT2D eigenvalue weighted by molar-refractivity contribution is 5.35. The molecule has 1 N–H and O–H groups in total. The van der Waals surface area contributed by atoms with Gasteiger partial charge in [-0.25, -0.2) is 9.97 Å². The van der Waals surface area contributed by atoms with Gasteiger partial charge in [0, 0.05) is 25.4 Å². The standard InChI is InChI=1S/C10H17N3O/c1-8(2)9-6-10(13-7-12-9)11-4-5-14-3/h6-8H,4-5H2,1-3H3,(H,11,12,13). The third-order valence-corrected chi connectivity index (χ3v) is 1.89. The fourth-order valence-corrected chi connectivity index (χ4v) is 1.07. The van der Waals surface area contributed by atoms with E-state index in [0.29, 0.717) is 12.5 Å². The largest absolute Gasteiger partial charge is 0.383 e. The number of anilines is 1. The smallest absolute Gasteiger partial charge is 0.129 e. The lowest BCUT2D eigenvalue weighted by molar-refractivity contribution is 0.210. The second-order valence-corrected chi connectivity index (χ2v) is 3.40. The van der Waals surface area contributed by atoms with Crippen molar-refractivity contribution in [3.8, 4) is 0 Å². The first kappa shape index (κ1) is 10.9. The van der Waals surface area contributed by atoms with Crippen molar-refractivity contribution in [1.29, 1.82) is 0 Å². The van der Waals surface area contributed by atoms with Gasteiger partial charge >= 0.3 is 0 Å². The summed E-state index contributed by atoms with van der Waals surface area (Å²) in [6.07, 6.45) is 1.59. The number of methoxy groups -OCH3 is 1. The summed E-state index contributed by atoms with van der Waals surface area (Å²) in [6, 6.07) is 1.97. The van der Waals surface area contributed by atoms with Gasteiger partial charge in [0.15, 0.2) is 0 Å². The van der Waals surface area contributed by atoms with Crippen LogP contribution in [0.2, 0.25) is 0 Å². The molecule has 0 radical (unpaired) electrons. The molecule has 78 valence electrons. The Bertz CT molecular complexity index is 276. The Morgan fingerprint density at radius 1 is 1.43 bits per heavy atom. The number of rotatable bonds is 5. The van der Waals surface area contributed by atoms with E-state index in [0.717, 1.165) is 18.1 Å². The zero-order valence-corrected chi connectivity index (χ0v) is 8.95. The van der Waals surface area contributed by atoms with Crippen LogP contribution in [0.15, 0.2) is 12.4 Å². The molecule has 0 atom stereocenters. The van der Waals surface area contributed by atoms with Crippen LogP contribution < -0.4 is 5.32 Å². The maximum absolute atomic E-state index is 4.94. The zero-order valence-electron chi connectivity index (χ0n) is 8.95. The fourth-order valence-electron chi connectivity index (χ4n) is 1.07. The molecule has 0 aliphatic carbocycles. The van der Waals surface area contributed by atoms with Crippen molar-refractivity contribution < 1.29 is 4.74 Å². The van der Waals surface area contributed by atoms with E-state index >= 15 is 0 Å². The number of hydrogen-bond acceptors (Lipinski definition) is 4. The first-order chi connectivity index (χ1) is 6.74. The molecule has 0 aliphatic heterocycles. The van der Waals surface area contributed by atoms with Gasteiger partial charge in [0.05, 0.1) is 6.61 Å². The average Bonchev–Trinajstić information content (AvgIpc) is 2.19. The molecule has 4 nitrogen and oxygen atoms in total. The van der Waals surface area contributed by atoms with Crippen molar-refractivity contribution in [2.24, 2.45) is 0 Å². The highest BCUT2D eigenvalue weighted by Gasteiger charge is 2.01. The lowest BCUT2D eigenvalue weighted by atomic mass is 10.1. The van der Waals surface area contributed by atoms with Gasteiger partial charge in [-0.15, -0.1) is 0 Å². The molecule has 0 fully saturated rings. The Kier molecular flexibility index (Phi) is 4.32. The van der Waals surface area contributed by atoms with Crippen LogP contribution in [0.3, 0.4) is 0 Å². The van der Waals surface area contributed by atoms with Crippen molar-refractivity contribution in [2.45, 2.75) is 19.8 Å². The van der Waals surface area contributed by atoms with E-state index in [2.05, 4.69) is 29.1 Å². The van der Waals surface area contributed by atoms with E-state index in [9.17, 15) is 0 Å². The Hall–Kier alpha value is -1.16. The quantitative estimate of drug-likeness (QED) is 0.726. The van der Waals surface area contributed by atoms with Crippen LogP contribution in [0, 0.1) is 0 Å². The molecule has 4 heteroatoms. The van der Waals surface area contributed by atoms with Crippen LogP contribution in [0.4, 0.5) is 5.82 Å². The van der Waals surface area contributed by atoms with E-state index in [-0.39, 0.29) is 0 Å². The van der Waals surface area contributed by atoms with Crippen LogP contribution in [0.1, 0.15) is 25.5 Å². The Morgan fingerprint density at radius 2 is 2.21 bits per heavy atom. The van der Waals surface area contributed by atoms with E-state index in [1.165, 1.54) is 0 Å². The van der Waals surface area contributed by atoms with Crippen molar-refractivity contribution in [2.75, 3.05) is 25.6 Å². The number of nitrogens with zero attached hydrogens (tertiary/aromatic N) is 2. The van der Waals surface area contributed by atoms with Crippen LogP contribution in [-0.2, 0) is 4.74 Å². The third kappa shape index (κ3) is 3.30. The molecule has 0 saturated carbocycles. The summed E-state index contributed by atoms with van der Waals surface area (Å²) < 4.78 is 4.94. The van der Waals surface area contributed by atoms with Crippen molar-refractivity contribution in [3.63, 3.8) is 0 Å². The van der Waals surface area contributed by atoms with Gasteiger partial charge in [-0.05, 0) is 5.92 Å². The summed E-state index contributed by atoms with van der Waals surface area (Å²) in [5.41, 5.74) is 1.06. The van der Waals surface area contributed by atoms with Gasteiger partial charge in [-0.1, -0.05) is 13.8 Å². The molecule has 0 unspecified atom stereocenters. The molecule has 1 rings (SSSR count). The second-order valence-electron chi connectivity index (χ2n) is 3.40. The summed E-state index contributed by atoms with van der Waals surface area (Å²) in [7, 11) is 1.68. The van der Waals surface area contributed by atoms with Crippen LogP contribution in [0.25, 0.3) is 0 Å². The summed E-state index contributed by atoms with van der Waals surface area (Å²) >= 11 is 0. The molecule has 0 saturated heterocycles. The topological polar surface area (TPSA) is 47.0 Å². The lowest BCUT2D eigenvalue weighted by Gasteiger charge is -2.07. The number of nitrogens with one attached hydrogen (secondary N) is 1. The molecule has 0 aromatic carbocycles. The van der Waals surface area contributed by atoms with Gasteiger partial charge < -0.3 is 10.1 Å². The molecule has 1 aromatic heterocycles. The Labute approximate surface area is 84.7 Å². The second kappa shape index (κ2) is 5.54. The highest BCUT2D eigenvalue weighted by Crippen LogP contribution is 2.13. The molecular weight excluding hydrogens is 178 g/mol. The SMILES string of the molecule is COCCNc1cc(C(C)C)ncn1. The maximum Gasteiger partial charge on any atom is 0.129 e.